The Morgan fingerprint density at radius 2 is 2.06 bits per heavy atom. The molecular formula is C12H14BrO3P. The quantitative estimate of drug-likeness (QED) is 0.527. The van der Waals surface area contributed by atoms with Crippen LogP contribution in [-0.2, 0) is 14.4 Å². The Labute approximate surface area is 110 Å². The summed E-state index contributed by atoms with van der Waals surface area (Å²) in [4.78, 5) is 0. The summed E-state index contributed by atoms with van der Waals surface area (Å²) < 4.78 is 17.6. The zero-order valence-electron chi connectivity index (χ0n) is 9.68. The molecule has 0 saturated heterocycles. The lowest BCUT2D eigenvalue weighted by molar-refractivity contribution is 0.132. The van der Waals surface area contributed by atoms with E-state index in [-0.39, 0.29) is 5.33 Å². The first-order chi connectivity index (χ1) is 8.04. The van der Waals surface area contributed by atoms with Gasteiger partial charge in [0.15, 0.2) is 5.34 Å². The van der Waals surface area contributed by atoms with Crippen LogP contribution in [0.15, 0.2) is 30.3 Å². The van der Waals surface area contributed by atoms with Gasteiger partial charge in [-0.3, -0.25) is 4.57 Å². The largest absolute Gasteiger partial charge is 0.374 e. The molecule has 5 heteroatoms. The van der Waals surface area contributed by atoms with E-state index in [2.05, 4.69) is 27.5 Å². The standard InChI is InChI=1S/C12H14BrO3P/c1-3-9-17(15,16-2)12(14,10-13)11-7-5-4-6-8-11/h4-8,14H,10H2,1-2H3. The highest BCUT2D eigenvalue weighted by Gasteiger charge is 2.47. The van der Waals surface area contributed by atoms with Crippen LogP contribution >= 0.6 is 23.3 Å². The normalized spacial score (nSPS) is 17.4. The molecule has 0 aromatic heterocycles. The molecule has 0 saturated carbocycles. The first kappa shape index (κ1) is 14.5. The summed E-state index contributed by atoms with van der Waals surface area (Å²) in [5.41, 5.74) is 3.02. The molecule has 1 rings (SSSR count). The first-order valence-corrected chi connectivity index (χ1v) is 7.72. The Hall–Kier alpha value is -0.590. The first-order valence-electron chi connectivity index (χ1n) is 4.98. The van der Waals surface area contributed by atoms with Crippen molar-refractivity contribution in [3.05, 3.63) is 35.9 Å². The number of benzene rings is 1. The van der Waals surface area contributed by atoms with E-state index in [9.17, 15) is 9.67 Å². The molecule has 0 aliphatic rings. The van der Waals surface area contributed by atoms with E-state index in [1.54, 1.807) is 31.2 Å². The van der Waals surface area contributed by atoms with Gasteiger partial charge in [-0.25, -0.2) is 0 Å². The van der Waals surface area contributed by atoms with Gasteiger partial charge < -0.3 is 9.63 Å². The van der Waals surface area contributed by atoms with E-state index in [1.807, 2.05) is 6.07 Å². The second-order valence-corrected chi connectivity index (χ2v) is 6.40. The summed E-state index contributed by atoms with van der Waals surface area (Å²) >= 11 is 3.19. The number of alkyl halides is 1. The van der Waals surface area contributed by atoms with Crippen LogP contribution in [0.25, 0.3) is 0 Å². The lowest BCUT2D eigenvalue weighted by Crippen LogP contribution is -2.27. The molecule has 2 atom stereocenters. The predicted molar refractivity (Wildman–Crippen MR) is 72.2 cm³/mol. The SMILES string of the molecule is CC#CP(=O)(OC)C(O)(CBr)c1ccccc1. The third-order valence-corrected chi connectivity index (χ3v) is 6.09. The van der Waals surface area contributed by atoms with Crippen molar-refractivity contribution in [3.63, 3.8) is 0 Å². The Balaban J connectivity index is 3.38. The maximum Gasteiger partial charge on any atom is 0.309 e. The second kappa shape index (κ2) is 5.84. The van der Waals surface area contributed by atoms with Crippen molar-refractivity contribution in [1.82, 2.24) is 0 Å². The van der Waals surface area contributed by atoms with E-state index in [0.29, 0.717) is 5.56 Å². The van der Waals surface area contributed by atoms with Gasteiger partial charge in [0, 0.05) is 12.4 Å². The summed E-state index contributed by atoms with van der Waals surface area (Å²) in [6.45, 7) is 1.56. The van der Waals surface area contributed by atoms with Gasteiger partial charge in [0.2, 0.25) is 0 Å². The highest BCUT2D eigenvalue weighted by Crippen LogP contribution is 2.62. The van der Waals surface area contributed by atoms with Crippen LogP contribution in [0.2, 0.25) is 0 Å². The van der Waals surface area contributed by atoms with Crippen LogP contribution < -0.4 is 0 Å². The van der Waals surface area contributed by atoms with Crippen molar-refractivity contribution in [1.29, 1.82) is 0 Å². The molecule has 0 aliphatic carbocycles. The summed E-state index contributed by atoms with van der Waals surface area (Å²) in [6.07, 6.45) is 0. The second-order valence-electron chi connectivity index (χ2n) is 3.41. The molecule has 0 fully saturated rings. The van der Waals surface area contributed by atoms with Gasteiger partial charge in [-0.05, 0) is 18.1 Å². The fraction of sp³-hybridized carbons (Fsp3) is 0.333. The van der Waals surface area contributed by atoms with Crippen molar-refractivity contribution in [2.45, 2.75) is 12.3 Å². The Morgan fingerprint density at radius 1 is 1.47 bits per heavy atom. The summed E-state index contributed by atoms with van der Waals surface area (Å²) in [6, 6.07) is 8.75. The Morgan fingerprint density at radius 3 is 2.47 bits per heavy atom. The molecule has 0 radical (unpaired) electrons. The van der Waals surface area contributed by atoms with E-state index in [4.69, 9.17) is 4.52 Å². The summed E-state index contributed by atoms with van der Waals surface area (Å²) in [7, 11) is -2.20. The number of hydrogen-bond donors (Lipinski definition) is 1. The number of halogens is 1. The molecule has 92 valence electrons. The molecule has 1 aromatic carbocycles. The molecule has 0 amide bonds. The molecule has 0 spiro atoms. The molecule has 0 aliphatic heterocycles. The fourth-order valence-corrected chi connectivity index (χ4v) is 4.30. The molecule has 1 N–H and O–H groups in total. The smallest absolute Gasteiger partial charge is 0.309 e. The van der Waals surface area contributed by atoms with Crippen LogP contribution in [0, 0.1) is 11.6 Å². The van der Waals surface area contributed by atoms with Gasteiger partial charge in [-0.1, -0.05) is 52.2 Å². The van der Waals surface area contributed by atoms with Gasteiger partial charge in [-0.15, -0.1) is 0 Å². The average molecular weight is 317 g/mol. The van der Waals surface area contributed by atoms with Gasteiger partial charge in [-0.2, -0.15) is 0 Å². The highest BCUT2D eigenvalue weighted by molar-refractivity contribution is 9.09. The maximum atomic E-state index is 12.6. The third-order valence-electron chi connectivity index (χ3n) is 2.43. The molecule has 3 nitrogen and oxygen atoms in total. The maximum absolute atomic E-state index is 12.6. The van der Waals surface area contributed by atoms with E-state index in [0.717, 1.165) is 0 Å². The third kappa shape index (κ3) is 2.64. The van der Waals surface area contributed by atoms with Gasteiger partial charge in [0.05, 0.1) is 0 Å². The van der Waals surface area contributed by atoms with Crippen molar-refractivity contribution in [2.24, 2.45) is 0 Å². The minimum Gasteiger partial charge on any atom is -0.374 e. The topological polar surface area (TPSA) is 46.5 Å². The van der Waals surface area contributed by atoms with Crippen molar-refractivity contribution < 1.29 is 14.2 Å². The van der Waals surface area contributed by atoms with Crippen molar-refractivity contribution in [2.75, 3.05) is 12.4 Å². The van der Waals surface area contributed by atoms with Crippen LogP contribution in [0.4, 0.5) is 0 Å². The lowest BCUT2D eigenvalue weighted by atomic mass is 10.1. The van der Waals surface area contributed by atoms with Gasteiger partial charge >= 0.3 is 7.37 Å². The highest BCUT2D eigenvalue weighted by atomic mass is 79.9. The summed E-state index contributed by atoms with van der Waals surface area (Å²) in [5, 5.41) is 9.06. The number of hydrogen-bond acceptors (Lipinski definition) is 3. The Bertz CT molecular complexity index is 478. The summed E-state index contributed by atoms with van der Waals surface area (Å²) in [5.74, 6) is 2.55. The minimum atomic E-state index is -3.50. The Kier molecular flexibility index (Phi) is 4.97. The van der Waals surface area contributed by atoms with E-state index in [1.165, 1.54) is 7.11 Å². The fourth-order valence-electron chi connectivity index (χ4n) is 1.47. The van der Waals surface area contributed by atoms with Gasteiger partial charge in [0.1, 0.15) is 0 Å². The molecule has 17 heavy (non-hydrogen) atoms. The molecule has 0 bridgehead atoms. The van der Waals surface area contributed by atoms with Gasteiger partial charge in [0.25, 0.3) is 0 Å². The lowest BCUT2D eigenvalue weighted by Gasteiger charge is -2.30. The van der Waals surface area contributed by atoms with Crippen molar-refractivity contribution in [3.8, 4) is 11.6 Å². The monoisotopic (exact) mass is 316 g/mol. The molecule has 1 aromatic rings. The number of rotatable bonds is 4. The molecular weight excluding hydrogens is 303 g/mol. The number of aliphatic hydroxyl groups is 1. The average Bonchev–Trinajstić information content (AvgIpc) is 2.38. The van der Waals surface area contributed by atoms with Crippen LogP contribution in [0.5, 0.6) is 0 Å². The van der Waals surface area contributed by atoms with E-state index >= 15 is 0 Å². The minimum absolute atomic E-state index is 0.0871. The molecule has 0 heterocycles. The van der Waals surface area contributed by atoms with Crippen LogP contribution in [-0.4, -0.2) is 17.5 Å². The van der Waals surface area contributed by atoms with Crippen LogP contribution in [0.3, 0.4) is 0 Å². The van der Waals surface area contributed by atoms with E-state index < -0.39 is 12.7 Å². The zero-order chi connectivity index (χ0) is 12.9. The zero-order valence-corrected chi connectivity index (χ0v) is 12.2. The van der Waals surface area contributed by atoms with Crippen molar-refractivity contribution >= 4 is 23.3 Å². The van der Waals surface area contributed by atoms with Crippen LogP contribution in [0.1, 0.15) is 12.5 Å². The predicted octanol–water partition coefficient (Wildman–Crippen LogP) is 3.13. The molecule has 2 unspecified atom stereocenters.